The van der Waals surface area contributed by atoms with Crippen molar-refractivity contribution in [2.75, 3.05) is 6.54 Å². The van der Waals surface area contributed by atoms with Crippen LogP contribution in [-0.4, -0.2) is 47.8 Å². The summed E-state index contributed by atoms with van der Waals surface area (Å²) < 4.78 is 0. The first-order valence-corrected chi connectivity index (χ1v) is 6.88. The van der Waals surface area contributed by atoms with E-state index in [1.54, 1.807) is 30.3 Å². The van der Waals surface area contributed by atoms with E-state index < -0.39 is 36.3 Å². The Morgan fingerprint density at radius 2 is 1.83 bits per heavy atom. The van der Waals surface area contributed by atoms with Crippen molar-refractivity contribution in [3.63, 3.8) is 0 Å². The van der Waals surface area contributed by atoms with Gasteiger partial charge in [0.25, 0.3) is 0 Å². The Morgan fingerprint density at radius 1 is 1.17 bits per heavy atom. The van der Waals surface area contributed by atoms with Gasteiger partial charge in [-0.2, -0.15) is 0 Å². The van der Waals surface area contributed by atoms with Crippen LogP contribution in [0.1, 0.15) is 12.0 Å². The molecule has 0 unspecified atom stereocenters. The second-order valence-corrected chi connectivity index (χ2v) is 4.82. The molecule has 1 aromatic rings. The Kier molecular flexibility index (Phi) is 7.41. The molecular formula is C15H18N3O5. The molecule has 0 spiro atoms. The monoisotopic (exact) mass is 320 g/mol. The van der Waals surface area contributed by atoms with E-state index in [9.17, 15) is 19.2 Å². The standard InChI is InChI=1S/C15H18N3O5/c16-11(9-13(20)21)14(22)18-12(15(23)17-6-7-19)8-10-4-2-1-3-5-10/h1-5,11-12H,6,8-9,16H2,(H,17,23)(H,18,22)(H,20,21)/t11-,12-/m0/s1. The number of benzene rings is 1. The minimum Gasteiger partial charge on any atom is -0.481 e. The molecule has 0 fully saturated rings. The van der Waals surface area contributed by atoms with E-state index in [1.165, 1.54) is 6.29 Å². The third kappa shape index (κ3) is 6.70. The summed E-state index contributed by atoms with van der Waals surface area (Å²) in [6, 6.07) is 6.67. The predicted molar refractivity (Wildman–Crippen MR) is 81.0 cm³/mol. The molecule has 0 aliphatic heterocycles. The first kappa shape index (κ1) is 18.3. The van der Waals surface area contributed by atoms with Crippen molar-refractivity contribution in [2.45, 2.75) is 24.9 Å². The summed E-state index contributed by atoms with van der Waals surface area (Å²) >= 11 is 0. The summed E-state index contributed by atoms with van der Waals surface area (Å²) in [6.45, 7) is -0.304. The second kappa shape index (κ2) is 9.31. The number of amides is 2. The largest absolute Gasteiger partial charge is 0.481 e. The van der Waals surface area contributed by atoms with E-state index in [0.717, 1.165) is 5.56 Å². The van der Waals surface area contributed by atoms with Crippen molar-refractivity contribution in [1.82, 2.24) is 10.6 Å². The fraction of sp³-hybridized carbons (Fsp3) is 0.333. The molecule has 8 nitrogen and oxygen atoms in total. The topological polar surface area (TPSA) is 139 Å². The number of carbonyl (C=O) groups is 3. The smallest absolute Gasteiger partial charge is 0.305 e. The average Bonchev–Trinajstić information content (AvgIpc) is 2.52. The zero-order chi connectivity index (χ0) is 17.2. The third-order valence-corrected chi connectivity index (χ3v) is 2.98. The number of nitrogens with one attached hydrogen (secondary N) is 2. The minimum atomic E-state index is -1.27. The molecule has 0 aliphatic rings. The maximum Gasteiger partial charge on any atom is 0.305 e. The maximum absolute atomic E-state index is 12.0. The molecule has 0 saturated heterocycles. The van der Waals surface area contributed by atoms with Gasteiger partial charge in [-0.3, -0.25) is 19.2 Å². The van der Waals surface area contributed by atoms with Crippen LogP contribution in [0, 0.1) is 0 Å². The lowest BCUT2D eigenvalue weighted by Crippen LogP contribution is -2.53. The van der Waals surface area contributed by atoms with Crippen LogP contribution in [0.2, 0.25) is 0 Å². The van der Waals surface area contributed by atoms with Gasteiger partial charge in [-0.25, -0.2) is 0 Å². The number of carbonyl (C=O) groups excluding carboxylic acids is 3. The van der Waals surface area contributed by atoms with Crippen LogP contribution in [0.5, 0.6) is 0 Å². The molecule has 23 heavy (non-hydrogen) atoms. The number of nitrogens with two attached hydrogens (primary N) is 1. The molecule has 2 atom stereocenters. The Labute approximate surface area is 133 Å². The van der Waals surface area contributed by atoms with Crippen molar-refractivity contribution in [3.05, 3.63) is 35.9 Å². The van der Waals surface area contributed by atoms with Crippen molar-refractivity contribution in [1.29, 1.82) is 0 Å². The van der Waals surface area contributed by atoms with Gasteiger partial charge >= 0.3 is 5.97 Å². The lowest BCUT2D eigenvalue weighted by Gasteiger charge is -2.20. The first-order valence-electron chi connectivity index (χ1n) is 6.88. The number of aliphatic carboxylic acids is 1. The number of hydrogen-bond donors (Lipinski definition) is 4. The summed E-state index contributed by atoms with van der Waals surface area (Å²) in [5, 5.41) is 13.4. The van der Waals surface area contributed by atoms with Crippen LogP contribution in [-0.2, 0) is 25.6 Å². The second-order valence-electron chi connectivity index (χ2n) is 4.82. The van der Waals surface area contributed by atoms with E-state index in [4.69, 9.17) is 10.8 Å². The van der Waals surface area contributed by atoms with Gasteiger partial charge in [-0.15, -0.1) is 0 Å². The highest BCUT2D eigenvalue weighted by atomic mass is 16.4. The van der Waals surface area contributed by atoms with Gasteiger partial charge in [0.1, 0.15) is 6.04 Å². The highest BCUT2D eigenvalue weighted by molar-refractivity contribution is 5.92. The number of hydrogen-bond acceptors (Lipinski definition) is 5. The van der Waals surface area contributed by atoms with Crippen LogP contribution in [0.3, 0.4) is 0 Å². The molecule has 0 bridgehead atoms. The van der Waals surface area contributed by atoms with Crippen LogP contribution in [0.4, 0.5) is 0 Å². The van der Waals surface area contributed by atoms with E-state index in [0.29, 0.717) is 0 Å². The molecule has 2 amide bonds. The van der Waals surface area contributed by atoms with Gasteiger partial charge < -0.3 is 21.5 Å². The molecule has 0 aromatic heterocycles. The molecule has 0 heterocycles. The van der Waals surface area contributed by atoms with Gasteiger partial charge in [-0.1, -0.05) is 30.3 Å². The van der Waals surface area contributed by atoms with E-state index in [1.807, 2.05) is 0 Å². The predicted octanol–water partition coefficient (Wildman–Crippen LogP) is -1.26. The van der Waals surface area contributed by atoms with Crippen molar-refractivity contribution >= 4 is 24.1 Å². The van der Waals surface area contributed by atoms with Gasteiger partial charge in [-0.05, 0) is 5.56 Å². The quantitative estimate of drug-likeness (QED) is 0.448. The summed E-state index contributed by atoms with van der Waals surface area (Å²) in [5.41, 5.74) is 6.26. The van der Waals surface area contributed by atoms with Crippen LogP contribution in [0.25, 0.3) is 0 Å². The zero-order valence-electron chi connectivity index (χ0n) is 12.3. The highest BCUT2D eigenvalue weighted by Crippen LogP contribution is 2.04. The SMILES string of the molecule is N[C@@H](CC(=O)O)C(=O)N[C@@H](Cc1ccccc1)C(=O)NC[C]=O. The zero-order valence-corrected chi connectivity index (χ0v) is 12.3. The molecule has 0 aliphatic carbocycles. The highest BCUT2D eigenvalue weighted by Gasteiger charge is 2.25. The molecule has 123 valence electrons. The molecular weight excluding hydrogens is 302 g/mol. The number of carboxylic acid groups (broad SMARTS) is 1. The van der Waals surface area contributed by atoms with Crippen molar-refractivity contribution in [3.8, 4) is 0 Å². The molecule has 5 N–H and O–H groups in total. The Hall–Kier alpha value is -2.74. The summed E-state index contributed by atoms with van der Waals surface area (Å²) in [5.74, 6) is -2.54. The normalized spacial score (nSPS) is 12.7. The lowest BCUT2D eigenvalue weighted by molar-refractivity contribution is -0.139. The van der Waals surface area contributed by atoms with Crippen molar-refractivity contribution < 1.29 is 24.3 Å². The van der Waals surface area contributed by atoms with Crippen LogP contribution < -0.4 is 16.4 Å². The summed E-state index contributed by atoms with van der Waals surface area (Å²) in [6.07, 6.45) is 1.15. The average molecular weight is 320 g/mol. The maximum atomic E-state index is 12.0. The van der Waals surface area contributed by atoms with Crippen LogP contribution in [0.15, 0.2) is 30.3 Å². The van der Waals surface area contributed by atoms with Crippen LogP contribution >= 0.6 is 0 Å². The Bertz CT molecular complexity index is 561. The number of rotatable bonds is 9. The van der Waals surface area contributed by atoms with E-state index in [2.05, 4.69) is 10.6 Å². The number of carboxylic acids is 1. The van der Waals surface area contributed by atoms with Gasteiger partial charge in [0, 0.05) is 6.42 Å². The van der Waals surface area contributed by atoms with Gasteiger partial charge in [0.2, 0.25) is 18.1 Å². The minimum absolute atomic E-state index is 0.178. The Balaban J connectivity index is 2.77. The van der Waals surface area contributed by atoms with Gasteiger partial charge in [0.05, 0.1) is 19.0 Å². The summed E-state index contributed by atoms with van der Waals surface area (Å²) in [4.78, 5) is 44.7. The molecule has 1 aromatic carbocycles. The van der Waals surface area contributed by atoms with Crippen molar-refractivity contribution in [2.24, 2.45) is 5.73 Å². The van der Waals surface area contributed by atoms with Gasteiger partial charge in [0.15, 0.2) is 0 Å². The molecule has 1 rings (SSSR count). The third-order valence-electron chi connectivity index (χ3n) is 2.98. The Morgan fingerprint density at radius 3 is 2.39 bits per heavy atom. The molecule has 8 heteroatoms. The first-order chi connectivity index (χ1) is 10.9. The molecule has 0 saturated carbocycles. The lowest BCUT2D eigenvalue weighted by atomic mass is 10.0. The fourth-order valence-corrected chi connectivity index (χ4v) is 1.87. The molecule has 1 radical (unpaired) electrons. The summed E-state index contributed by atoms with van der Waals surface area (Å²) in [7, 11) is 0. The van der Waals surface area contributed by atoms with E-state index in [-0.39, 0.29) is 13.0 Å². The fourth-order valence-electron chi connectivity index (χ4n) is 1.87. The van der Waals surface area contributed by atoms with E-state index >= 15 is 0 Å².